The first kappa shape index (κ1) is 11.0. The summed E-state index contributed by atoms with van der Waals surface area (Å²) in [7, 11) is 0. The molecule has 0 saturated heterocycles. The molecule has 0 bridgehead atoms. The van der Waals surface area contributed by atoms with Gasteiger partial charge in [-0.05, 0) is 28.8 Å². The highest BCUT2D eigenvalue weighted by Crippen LogP contribution is 2.39. The largest absolute Gasteiger partial charge is 0.395 e. The molecule has 3 nitrogen and oxygen atoms in total. The Bertz CT molecular complexity index is 375. The third-order valence-corrected chi connectivity index (χ3v) is 3.32. The summed E-state index contributed by atoms with van der Waals surface area (Å²) in [5.74, 6) is 1.47. The number of aliphatic hydroxyl groups excluding tert-OH is 1. The van der Waals surface area contributed by atoms with E-state index in [1.54, 1.807) is 6.20 Å². The lowest BCUT2D eigenvalue weighted by Gasteiger charge is -2.22. The van der Waals surface area contributed by atoms with Gasteiger partial charge >= 0.3 is 0 Å². The maximum absolute atomic E-state index is 9.34. The Morgan fingerprint density at radius 2 is 2.20 bits per heavy atom. The smallest absolute Gasteiger partial charge is 0.131 e. The van der Waals surface area contributed by atoms with Crippen LogP contribution in [0, 0.1) is 0 Å². The first-order chi connectivity index (χ1) is 7.04. The van der Waals surface area contributed by atoms with E-state index in [-0.39, 0.29) is 12.0 Å². The summed E-state index contributed by atoms with van der Waals surface area (Å²) in [4.78, 5) is 8.87. The molecule has 0 amide bonds. The van der Waals surface area contributed by atoms with Crippen LogP contribution in [0.4, 0.5) is 0 Å². The molecular weight excluding hydrogens is 256 g/mol. The molecule has 1 saturated carbocycles. The minimum atomic E-state index is -0.314. The fourth-order valence-electron chi connectivity index (χ4n) is 1.47. The minimum absolute atomic E-state index is 0.0900. The molecule has 4 heteroatoms. The van der Waals surface area contributed by atoms with Crippen LogP contribution in [0.25, 0.3) is 0 Å². The van der Waals surface area contributed by atoms with Crippen molar-refractivity contribution in [3.8, 4) is 0 Å². The molecule has 1 aromatic heterocycles. The molecule has 82 valence electrons. The van der Waals surface area contributed by atoms with Crippen molar-refractivity contribution in [3.63, 3.8) is 0 Å². The number of aliphatic hydroxyl groups is 1. The average Bonchev–Trinajstić information content (AvgIpc) is 3.02. The quantitative estimate of drug-likeness (QED) is 0.918. The van der Waals surface area contributed by atoms with Gasteiger partial charge in [-0.25, -0.2) is 9.97 Å². The topological polar surface area (TPSA) is 46.0 Å². The molecule has 1 aromatic rings. The predicted molar refractivity (Wildman–Crippen MR) is 61.8 cm³/mol. The number of nitrogens with zero attached hydrogens (tertiary/aromatic N) is 2. The van der Waals surface area contributed by atoms with Gasteiger partial charge in [-0.15, -0.1) is 0 Å². The summed E-state index contributed by atoms with van der Waals surface area (Å²) in [6, 6.07) is 0. The number of hydrogen-bond donors (Lipinski definition) is 1. The first-order valence-electron chi connectivity index (χ1n) is 5.18. The van der Waals surface area contributed by atoms with Gasteiger partial charge in [-0.1, -0.05) is 13.8 Å². The molecule has 0 aliphatic heterocycles. The van der Waals surface area contributed by atoms with Crippen molar-refractivity contribution in [2.24, 2.45) is 0 Å². The van der Waals surface area contributed by atoms with Crippen LogP contribution in [0.3, 0.4) is 0 Å². The van der Waals surface area contributed by atoms with Crippen LogP contribution in [-0.2, 0) is 5.41 Å². The molecule has 0 spiro atoms. The second-order valence-electron chi connectivity index (χ2n) is 4.74. The first-order valence-corrected chi connectivity index (χ1v) is 5.97. The lowest BCUT2D eigenvalue weighted by Crippen LogP contribution is -2.25. The van der Waals surface area contributed by atoms with E-state index in [0.29, 0.717) is 5.92 Å². The Kier molecular flexibility index (Phi) is 2.81. The van der Waals surface area contributed by atoms with E-state index in [0.717, 1.165) is 16.0 Å². The normalized spacial score (nSPS) is 16.8. The van der Waals surface area contributed by atoms with E-state index >= 15 is 0 Å². The van der Waals surface area contributed by atoms with E-state index in [1.165, 1.54) is 12.8 Å². The summed E-state index contributed by atoms with van der Waals surface area (Å²) in [6.07, 6.45) is 4.19. The zero-order valence-electron chi connectivity index (χ0n) is 9.00. The molecule has 1 aliphatic carbocycles. The van der Waals surface area contributed by atoms with Crippen LogP contribution < -0.4 is 0 Å². The highest BCUT2D eigenvalue weighted by Gasteiger charge is 2.30. The number of aromatic nitrogens is 2. The van der Waals surface area contributed by atoms with Crippen molar-refractivity contribution >= 4 is 15.9 Å². The second-order valence-corrected chi connectivity index (χ2v) is 5.60. The van der Waals surface area contributed by atoms with Crippen molar-refractivity contribution in [2.45, 2.75) is 38.0 Å². The summed E-state index contributed by atoms with van der Waals surface area (Å²) in [5, 5.41) is 9.34. The zero-order chi connectivity index (χ0) is 11.1. The van der Waals surface area contributed by atoms with Gasteiger partial charge in [0.05, 0.1) is 16.8 Å². The lowest BCUT2D eigenvalue weighted by molar-refractivity contribution is 0.214. The van der Waals surface area contributed by atoms with Gasteiger partial charge in [0.15, 0.2) is 0 Å². The maximum atomic E-state index is 9.34. The Hall–Kier alpha value is -0.480. The SMILES string of the molecule is CC(C)(CO)c1nc(C2CC2)ncc1Br. The molecule has 15 heavy (non-hydrogen) atoms. The molecule has 2 rings (SSSR count). The van der Waals surface area contributed by atoms with E-state index in [9.17, 15) is 5.11 Å². The van der Waals surface area contributed by atoms with E-state index in [1.807, 2.05) is 13.8 Å². The number of hydrogen-bond acceptors (Lipinski definition) is 3. The molecule has 0 atom stereocenters. The third-order valence-electron chi connectivity index (χ3n) is 2.74. The summed E-state index contributed by atoms with van der Waals surface area (Å²) >= 11 is 3.44. The highest BCUT2D eigenvalue weighted by molar-refractivity contribution is 9.10. The van der Waals surface area contributed by atoms with Gasteiger partial charge in [0.25, 0.3) is 0 Å². The zero-order valence-corrected chi connectivity index (χ0v) is 10.6. The molecule has 1 N–H and O–H groups in total. The van der Waals surface area contributed by atoms with Crippen LogP contribution in [0.5, 0.6) is 0 Å². The molecular formula is C11H15BrN2O. The van der Waals surface area contributed by atoms with Crippen LogP contribution in [0.1, 0.15) is 44.1 Å². The van der Waals surface area contributed by atoms with Gasteiger partial charge in [0, 0.05) is 17.5 Å². The van der Waals surface area contributed by atoms with E-state index in [2.05, 4.69) is 25.9 Å². The van der Waals surface area contributed by atoms with Crippen molar-refractivity contribution in [3.05, 3.63) is 22.2 Å². The van der Waals surface area contributed by atoms with Crippen molar-refractivity contribution in [1.82, 2.24) is 9.97 Å². The van der Waals surface area contributed by atoms with Gasteiger partial charge < -0.3 is 5.11 Å². The standard InChI is InChI=1S/C11H15BrN2O/c1-11(2,6-15)9-8(12)5-13-10(14-9)7-3-4-7/h5,7,15H,3-4,6H2,1-2H3. The fraction of sp³-hybridized carbons (Fsp3) is 0.636. The second kappa shape index (κ2) is 3.83. The van der Waals surface area contributed by atoms with Crippen LogP contribution in [0.15, 0.2) is 10.7 Å². The monoisotopic (exact) mass is 270 g/mol. The summed E-state index contributed by atoms with van der Waals surface area (Å²) in [6.45, 7) is 4.06. The van der Waals surface area contributed by atoms with Crippen LogP contribution in [0.2, 0.25) is 0 Å². The van der Waals surface area contributed by atoms with Gasteiger partial charge in [-0.3, -0.25) is 0 Å². The summed E-state index contributed by atoms with van der Waals surface area (Å²) < 4.78 is 0.881. The molecule has 0 radical (unpaired) electrons. The third kappa shape index (κ3) is 2.21. The maximum Gasteiger partial charge on any atom is 0.131 e. The van der Waals surface area contributed by atoms with Crippen LogP contribution >= 0.6 is 15.9 Å². The van der Waals surface area contributed by atoms with Gasteiger partial charge in [0.2, 0.25) is 0 Å². The number of rotatable bonds is 3. The van der Waals surface area contributed by atoms with Crippen molar-refractivity contribution < 1.29 is 5.11 Å². The fourth-order valence-corrected chi connectivity index (χ4v) is 2.20. The van der Waals surface area contributed by atoms with E-state index in [4.69, 9.17) is 0 Å². The lowest BCUT2D eigenvalue weighted by atomic mass is 9.90. The molecule has 0 unspecified atom stereocenters. The minimum Gasteiger partial charge on any atom is -0.395 e. The van der Waals surface area contributed by atoms with Gasteiger partial charge in [-0.2, -0.15) is 0 Å². The predicted octanol–water partition coefficient (Wildman–Crippen LogP) is 2.39. The highest BCUT2D eigenvalue weighted by atomic mass is 79.9. The molecule has 1 fully saturated rings. The Morgan fingerprint density at radius 3 is 2.73 bits per heavy atom. The summed E-state index contributed by atoms with van der Waals surface area (Å²) in [5.41, 5.74) is 0.590. The Morgan fingerprint density at radius 1 is 1.53 bits per heavy atom. The Balaban J connectivity index is 2.40. The molecule has 0 aromatic carbocycles. The molecule has 1 heterocycles. The molecule has 1 aliphatic rings. The average molecular weight is 271 g/mol. The van der Waals surface area contributed by atoms with Crippen molar-refractivity contribution in [1.29, 1.82) is 0 Å². The Labute approximate surface area is 98.1 Å². The number of halogens is 1. The van der Waals surface area contributed by atoms with Gasteiger partial charge in [0.1, 0.15) is 5.82 Å². The van der Waals surface area contributed by atoms with Crippen LogP contribution in [-0.4, -0.2) is 21.7 Å². The van der Waals surface area contributed by atoms with E-state index < -0.39 is 0 Å². The van der Waals surface area contributed by atoms with Crippen molar-refractivity contribution in [2.75, 3.05) is 6.61 Å².